The van der Waals surface area contributed by atoms with Gasteiger partial charge in [-0.05, 0) is 66.6 Å². The van der Waals surface area contributed by atoms with E-state index in [-0.39, 0.29) is 5.91 Å². The molecule has 0 aliphatic rings. The van der Waals surface area contributed by atoms with E-state index in [1.165, 1.54) is 0 Å². The van der Waals surface area contributed by atoms with Gasteiger partial charge in [-0.1, -0.05) is 25.1 Å². The zero-order valence-electron chi connectivity index (χ0n) is 17.2. The molecule has 0 aliphatic heterocycles. The Morgan fingerprint density at radius 2 is 1.68 bits per heavy atom. The van der Waals surface area contributed by atoms with Crippen LogP contribution in [-0.2, 0) is 6.61 Å². The van der Waals surface area contributed by atoms with Gasteiger partial charge in [0.15, 0.2) is 0 Å². The zero-order chi connectivity index (χ0) is 21.9. The molecule has 0 bridgehead atoms. The van der Waals surface area contributed by atoms with Crippen molar-refractivity contribution in [2.24, 2.45) is 5.10 Å². The molecule has 0 fully saturated rings. The van der Waals surface area contributed by atoms with Gasteiger partial charge in [-0.3, -0.25) is 4.79 Å². The fraction of sp³-hybridized carbons (Fsp3) is 0.160. The lowest BCUT2D eigenvalue weighted by Gasteiger charge is -2.07. The Morgan fingerprint density at radius 1 is 1.00 bits per heavy atom. The Hall–Kier alpha value is -4.11. The van der Waals surface area contributed by atoms with Gasteiger partial charge in [-0.2, -0.15) is 10.4 Å². The number of ether oxygens (including phenoxy) is 2. The molecule has 156 valence electrons. The lowest BCUT2D eigenvalue weighted by molar-refractivity contribution is 0.0955. The maximum Gasteiger partial charge on any atom is 0.271 e. The smallest absolute Gasteiger partial charge is 0.271 e. The van der Waals surface area contributed by atoms with Gasteiger partial charge in [0, 0.05) is 11.1 Å². The molecule has 0 atom stereocenters. The van der Waals surface area contributed by atoms with Crippen molar-refractivity contribution in [2.75, 3.05) is 6.61 Å². The predicted molar refractivity (Wildman–Crippen MR) is 119 cm³/mol. The van der Waals surface area contributed by atoms with E-state index in [2.05, 4.69) is 16.6 Å². The number of benzene rings is 3. The van der Waals surface area contributed by atoms with E-state index >= 15 is 0 Å². The fourth-order valence-electron chi connectivity index (χ4n) is 2.72. The summed E-state index contributed by atoms with van der Waals surface area (Å²) < 4.78 is 11.3. The first-order valence-electron chi connectivity index (χ1n) is 9.96. The van der Waals surface area contributed by atoms with Crippen molar-refractivity contribution in [2.45, 2.75) is 20.0 Å². The largest absolute Gasteiger partial charge is 0.494 e. The Morgan fingerprint density at radius 3 is 2.39 bits per heavy atom. The van der Waals surface area contributed by atoms with Gasteiger partial charge >= 0.3 is 0 Å². The molecule has 3 aromatic rings. The molecule has 3 rings (SSSR count). The molecule has 0 aromatic heterocycles. The molecule has 0 aliphatic carbocycles. The second-order valence-corrected chi connectivity index (χ2v) is 6.70. The molecule has 6 heteroatoms. The van der Waals surface area contributed by atoms with Gasteiger partial charge in [-0.15, -0.1) is 0 Å². The highest BCUT2D eigenvalue weighted by atomic mass is 16.5. The van der Waals surface area contributed by atoms with Crippen LogP contribution in [0.25, 0.3) is 0 Å². The summed E-state index contributed by atoms with van der Waals surface area (Å²) in [5, 5.41) is 13.1. The van der Waals surface area contributed by atoms with Crippen molar-refractivity contribution in [1.82, 2.24) is 5.43 Å². The molecule has 0 heterocycles. The molecule has 3 aromatic carbocycles. The molecule has 1 amide bonds. The quantitative estimate of drug-likeness (QED) is 0.407. The van der Waals surface area contributed by atoms with Crippen molar-refractivity contribution in [1.29, 1.82) is 5.26 Å². The minimum absolute atomic E-state index is 0.297. The van der Waals surface area contributed by atoms with E-state index in [4.69, 9.17) is 14.7 Å². The van der Waals surface area contributed by atoms with Gasteiger partial charge in [0.05, 0.1) is 24.5 Å². The predicted octanol–water partition coefficient (Wildman–Crippen LogP) is 4.69. The molecule has 0 radical (unpaired) electrons. The summed E-state index contributed by atoms with van der Waals surface area (Å²) in [5.74, 6) is 1.12. The van der Waals surface area contributed by atoms with Gasteiger partial charge in [0.1, 0.15) is 18.1 Å². The summed E-state index contributed by atoms with van der Waals surface area (Å²) >= 11 is 0. The minimum Gasteiger partial charge on any atom is -0.494 e. The van der Waals surface area contributed by atoms with E-state index in [1.54, 1.807) is 36.5 Å². The van der Waals surface area contributed by atoms with E-state index in [0.29, 0.717) is 30.1 Å². The van der Waals surface area contributed by atoms with Crippen molar-refractivity contribution < 1.29 is 14.3 Å². The highest BCUT2D eigenvalue weighted by Gasteiger charge is 2.05. The standard InChI is InChI=1S/C25H23N3O3/c1-2-15-30-23-13-9-20(10-14-23)25(29)28-27-17-19-7-11-24(12-8-19)31-18-22-6-4-3-5-21(22)16-26/h3-14,17H,2,15,18H2,1H3,(H,28,29)/b27-17+. The van der Waals surface area contributed by atoms with Crippen molar-refractivity contribution in [3.05, 3.63) is 95.1 Å². The molecule has 1 N–H and O–H groups in total. The molecule has 0 spiro atoms. The number of hydrogen-bond donors (Lipinski definition) is 1. The topological polar surface area (TPSA) is 83.7 Å². The fourth-order valence-corrected chi connectivity index (χ4v) is 2.72. The molecule has 0 saturated carbocycles. The molecule has 0 saturated heterocycles. The first-order valence-corrected chi connectivity index (χ1v) is 9.96. The summed E-state index contributed by atoms with van der Waals surface area (Å²) in [6.45, 7) is 3.00. The SMILES string of the molecule is CCCOc1ccc(C(=O)N/N=C/c2ccc(OCc3ccccc3C#N)cc2)cc1. The van der Waals surface area contributed by atoms with Crippen molar-refractivity contribution in [3.63, 3.8) is 0 Å². The average molecular weight is 413 g/mol. The normalized spacial score (nSPS) is 10.5. The Bertz CT molecular complexity index is 1070. The van der Waals surface area contributed by atoms with E-state index < -0.39 is 0 Å². The lowest BCUT2D eigenvalue weighted by Crippen LogP contribution is -2.17. The number of nitrogens with zero attached hydrogens (tertiary/aromatic N) is 2. The van der Waals surface area contributed by atoms with Crippen molar-refractivity contribution >= 4 is 12.1 Å². The molecule has 31 heavy (non-hydrogen) atoms. The number of carbonyl (C=O) groups is 1. The molecular formula is C25H23N3O3. The summed E-state index contributed by atoms with van der Waals surface area (Å²) in [4.78, 5) is 12.2. The van der Waals surface area contributed by atoms with Crippen LogP contribution in [0.15, 0.2) is 77.9 Å². The summed E-state index contributed by atoms with van der Waals surface area (Å²) in [7, 11) is 0. The third kappa shape index (κ3) is 6.44. The maximum atomic E-state index is 12.2. The minimum atomic E-state index is -0.297. The number of nitriles is 1. The van der Waals surface area contributed by atoms with E-state index in [9.17, 15) is 4.79 Å². The summed E-state index contributed by atoms with van der Waals surface area (Å²) in [5.41, 5.74) is 5.27. The number of nitrogens with one attached hydrogen (secondary N) is 1. The maximum absolute atomic E-state index is 12.2. The van der Waals surface area contributed by atoms with Crippen LogP contribution < -0.4 is 14.9 Å². The van der Waals surface area contributed by atoms with Gasteiger partial charge < -0.3 is 9.47 Å². The molecule has 0 unspecified atom stereocenters. The Kier molecular flexibility index (Phi) is 7.78. The second-order valence-electron chi connectivity index (χ2n) is 6.70. The number of hydrogen-bond acceptors (Lipinski definition) is 5. The van der Waals surface area contributed by atoms with Crippen LogP contribution in [0.3, 0.4) is 0 Å². The van der Waals surface area contributed by atoms with Gasteiger partial charge in [0.2, 0.25) is 0 Å². The summed E-state index contributed by atoms with van der Waals surface area (Å²) in [6.07, 6.45) is 2.49. The van der Waals surface area contributed by atoms with Crippen LogP contribution in [0.1, 0.15) is 40.4 Å². The monoisotopic (exact) mass is 413 g/mol. The van der Waals surface area contributed by atoms with Crippen molar-refractivity contribution in [3.8, 4) is 17.6 Å². The number of amides is 1. The number of carbonyl (C=O) groups excluding carboxylic acids is 1. The van der Waals surface area contributed by atoms with Crippen LogP contribution in [0.4, 0.5) is 0 Å². The third-order valence-electron chi connectivity index (χ3n) is 4.38. The Labute approximate surface area is 181 Å². The first kappa shape index (κ1) is 21.6. The van der Waals surface area contributed by atoms with Crippen LogP contribution in [0.5, 0.6) is 11.5 Å². The van der Waals surface area contributed by atoms with Crippen LogP contribution in [-0.4, -0.2) is 18.7 Å². The zero-order valence-corrected chi connectivity index (χ0v) is 17.2. The van der Waals surface area contributed by atoms with Crippen LogP contribution in [0, 0.1) is 11.3 Å². The average Bonchev–Trinajstić information content (AvgIpc) is 2.82. The second kappa shape index (κ2) is 11.2. The number of rotatable bonds is 9. The number of hydrazone groups is 1. The van der Waals surface area contributed by atoms with Gasteiger partial charge in [0.25, 0.3) is 5.91 Å². The summed E-state index contributed by atoms with van der Waals surface area (Å²) in [6, 6.07) is 23.7. The highest BCUT2D eigenvalue weighted by Crippen LogP contribution is 2.16. The first-order chi connectivity index (χ1) is 15.2. The lowest BCUT2D eigenvalue weighted by atomic mass is 10.1. The van der Waals surface area contributed by atoms with Gasteiger partial charge in [-0.25, -0.2) is 5.43 Å². The third-order valence-corrected chi connectivity index (χ3v) is 4.38. The van der Waals surface area contributed by atoms with E-state index in [1.807, 2.05) is 49.4 Å². The van der Waals surface area contributed by atoms with Crippen LogP contribution in [0.2, 0.25) is 0 Å². The van der Waals surface area contributed by atoms with Crippen LogP contribution >= 0.6 is 0 Å². The van der Waals surface area contributed by atoms with E-state index in [0.717, 1.165) is 23.3 Å². The molecular weight excluding hydrogens is 390 g/mol. The highest BCUT2D eigenvalue weighted by molar-refractivity contribution is 5.95. The Balaban J connectivity index is 1.50. The molecule has 6 nitrogen and oxygen atoms in total.